The van der Waals surface area contributed by atoms with Crippen molar-refractivity contribution in [3.8, 4) is 0 Å². The molecule has 1 aliphatic rings. The second-order valence-corrected chi connectivity index (χ2v) is 5.74. The number of halogens is 1. The molecule has 1 aromatic heterocycles. The maximum absolute atomic E-state index is 12.9. The van der Waals surface area contributed by atoms with Gasteiger partial charge in [-0.1, -0.05) is 36.6 Å². The second kappa shape index (κ2) is 6.68. The first kappa shape index (κ1) is 14.7. The zero-order valence-corrected chi connectivity index (χ0v) is 12.3. The Morgan fingerprint density at radius 2 is 1.95 bits per heavy atom. The number of nitrogens with one attached hydrogen (secondary N) is 1. The second-order valence-electron chi connectivity index (χ2n) is 5.74. The third-order valence-electron chi connectivity index (χ3n) is 3.97. The summed E-state index contributed by atoms with van der Waals surface area (Å²) in [6, 6.07) is 6.45. The van der Waals surface area contributed by atoms with E-state index in [0.717, 1.165) is 18.4 Å². The Balaban J connectivity index is 1.60. The SMILES string of the molecule is O=C(NC1CCCCC1)c1cn(Cc2ccc(F)cc2)nn1. The monoisotopic (exact) mass is 302 g/mol. The van der Waals surface area contributed by atoms with Crippen LogP contribution in [0.15, 0.2) is 30.5 Å². The smallest absolute Gasteiger partial charge is 0.273 e. The zero-order chi connectivity index (χ0) is 15.4. The summed E-state index contributed by atoms with van der Waals surface area (Å²) in [6.45, 7) is 0.462. The summed E-state index contributed by atoms with van der Waals surface area (Å²) < 4.78 is 14.5. The number of hydrogen-bond donors (Lipinski definition) is 1. The van der Waals surface area contributed by atoms with E-state index < -0.39 is 0 Å². The maximum atomic E-state index is 12.9. The molecular weight excluding hydrogens is 283 g/mol. The van der Waals surface area contributed by atoms with Gasteiger partial charge in [0.2, 0.25) is 0 Å². The highest BCUT2D eigenvalue weighted by molar-refractivity contribution is 5.92. The molecule has 1 aliphatic carbocycles. The van der Waals surface area contributed by atoms with Crippen molar-refractivity contribution in [1.29, 1.82) is 0 Å². The summed E-state index contributed by atoms with van der Waals surface area (Å²) in [4.78, 5) is 12.1. The van der Waals surface area contributed by atoms with E-state index in [1.165, 1.54) is 31.4 Å². The van der Waals surface area contributed by atoms with Crippen LogP contribution in [0.3, 0.4) is 0 Å². The standard InChI is InChI=1S/C16H19FN4O/c17-13-8-6-12(7-9-13)10-21-11-15(19-20-21)16(22)18-14-4-2-1-3-5-14/h6-9,11,14H,1-5,10H2,(H,18,22). The number of carbonyl (C=O) groups excluding carboxylic acids is 1. The molecule has 0 spiro atoms. The van der Waals surface area contributed by atoms with E-state index >= 15 is 0 Å². The summed E-state index contributed by atoms with van der Waals surface area (Å²) >= 11 is 0. The van der Waals surface area contributed by atoms with Gasteiger partial charge in [-0.25, -0.2) is 9.07 Å². The van der Waals surface area contributed by atoms with Gasteiger partial charge in [0.05, 0.1) is 12.7 Å². The highest BCUT2D eigenvalue weighted by atomic mass is 19.1. The highest BCUT2D eigenvalue weighted by Crippen LogP contribution is 2.17. The highest BCUT2D eigenvalue weighted by Gasteiger charge is 2.18. The fourth-order valence-corrected chi connectivity index (χ4v) is 2.76. The Kier molecular flexibility index (Phi) is 4.46. The first-order valence-corrected chi connectivity index (χ1v) is 7.66. The lowest BCUT2D eigenvalue weighted by Crippen LogP contribution is -2.36. The van der Waals surface area contributed by atoms with Gasteiger partial charge in [0.15, 0.2) is 5.69 Å². The molecule has 2 aromatic rings. The topological polar surface area (TPSA) is 59.8 Å². The van der Waals surface area contributed by atoms with Crippen LogP contribution in [0.4, 0.5) is 4.39 Å². The normalized spacial score (nSPS) is 15.7. The first-order valence-electron chi connectivity index (χ1n) is 7.66. The van der Waals surface area contributed by atoms with E-state index in [4.69, 9.17) is 0 Å². The number of carbonyl (C=O) groups is 1. The largest absolute Gasteiger partial charge is 0.348 e. The van der Waals surface area contributed by atoms with Crippen molar-refractivity contribution in [3.05, 3.63) is 47.5 Å². The van der Waals surface area contributed by atoms with Gasteiger partial charge < -0.3 is 5.32 Å². The average Bonchev–Trinajstić information content (AvgIpc) is 2.99. The summed E-state index contributed by atoms with van der Waals surface area (Å²) in [6.07, 6.45) is 7.29. The van der Waals surface area contributed by atoms with Crippen LogP contribution < -0.4 is 5.32 Å². The lowest BCUT2D eigenvalue weighted by atomic mass is 9.95. The van der Waals surface area contributed by atoms with Gasteiger partial charge in [-0.15, -0.1) is 5.10 Å². The predicted octanol–water partition coefficient (Wildman–Crippen LogP) is 2.53. The molecule has 6 heteroatoms. The molecular formula is C16H19FN4O. The molecule has 1 aromatic carbocycles. The molecule has 1 heterocycles. The van der Waals surface area contributed by atoms with Crippen LogP contribution in [-0.2, 0) is 6.54 Å². The molecule has 116 valence electrons. The molecule has 22 heavy (non-hydrogen) atoms. The van der Waals surface area contributed by atoms with Crippen LogP contribution in [0, 0.1) is 5.82 Å². The van der Waals surface area contributed by atoms with Gasteiger partial charge in [-0.2, -0.15) is 0 Å². The van der Waals surface area contributed by atoms with Gasteiger partial charge in [-0.3, -0.25) is 4.79 Å². The molecule has 0 aliphatic heterocycles. The summed E-state index contributed by atoms with van der Waals surface area (Å²) in [5.74, 6) is -0.438. The molecule has 1 amide bonds. The molecule has 5 nitrogen and oxygen atoms in total. The van der Waals surface area contributed by atoms with Crippen LogP contribution >= 0.6 is 0 Å². The molecule has 0 radical (unpaired) electrons. The first-order chi connectivity index (χ1) is 10.7. The fourth-order valence-electron chi connectivity index (χ4n) is 2.76. The molecule has 0 bridgehead atoms. The Hall–Kier alpha value is -2.24. The van der Waals surface area contributed by atoms with Gasteiger partial charge in [-0.05, 0) is 30.5 Å². The third-order valence-corrected chi connectivity index (χ3v) is 3.97. The van der Waals surface area contributed by atoms with Crippen LogP contribution in [-0.4, -0.2) is 26.9 Å². The van der Waals surface area contributed by atoms with Crippen molar-refractivity contribution in [2.24, 2.45) is 0 Å². The van der Waals surface area contributed by atoms with Crippen molar-refractivity contribution in [2.45, 2.75) is 44.7 Å². The Morgan fingerprint density at radius 1 is 1.23 bits per heavy atom. The van der Waals surface area contributed by atoms with Crippen molar-refractivity contribution in [1.82, 2.24) is 20.3 Å². The summed E-state index contributed by atoms with van der Waals surface area (Å²) in [7, 11) is 0. The average molecular weight is 302 g/mol. The Labute approximate surface area is 128 Å². The van der Waals surface area contributed by atoms with E-state index in [-0.39, 0.29) is 17.8 Å². The molecule has 3 rings (SSSR count). The van der Waals surface area contributed by atoms with E-state index in [1.807, 2.05) is 0 Å². The number of hydrogen-bond acceptors (Lipinski definition) is 3. The maximum Gasteiger partial charge on any atom is 0.273 e. The van der Waals surface area contributed by atoms with E-state index in [9.17, 15) is 9.18 Å². The van der Waals surface area contributed by atoms with Crippen LogP contribution in [0.5, 0.6) is 0 Å². The van der Waals surface area contributed by atoms with Crippen LogP contribution in [0.1, 0.15) is 48.2 Å². The van der Waals surface area contributed by atoms with Gasteiger partial charge in [0.25, 0.3) is 5.91 Å². The van der Waals surface area contributed by atoms with Crippen LogP contribution in [0.25, 0.3) is 0 Å². The number of aromatic nitrogens is 3. The van der Waals surface area contributed by atoms with Crippen molar-refractivity contribution >= 4 is 5.91 Å². The fraction of sp³-hybridized carbons (Fsp3) is 0.438. The van der Waals surface area contributed by atoms with Crippen LogP contribution in [0.2, 0.25) is 0 Å². The number of benzene rings is 1. The zero-order valence-electron chi connectivity index (χ0n) is 12.3. The Morgan fingerprint density at radius 3 is 2.68 bits per heavy atom. The molecule has 0 atom stereocenters. The van der Waals surface area contributed by atoms with E-state index in [0.29, 0.717) is 12.2 Å². The predicted molar refractivity (Wildman–Crippen MR) is 79.9 cm³/mol. The van der Waals surface area contributed by atoms with Crippen molar-refractivity contribution < 1.29 is 9.18 Å². The van der Waals surface area contributed by atoms with Gasteiger partial charge in [0.1, 0.15) is 5.82 Å². The molecule has 0 saturated heterocycles. The minimum absolute atomic E-state index is 0.169. The minimum Gasteiger partial charge on any atom is -0.348 e. The van der Waals surface area contributed by atoms with E-state index in [1.54, 1.807) is 23.0 Å². The van der Waals surface area contributed by atoms with Gasteiger partial charge >= 0.3 is 0 Å². The van der Waals surface area contributed by atoms with E-state index in [2.05, 4.69) is 15.6 Å². The lowest BCUT2D eigenvalue weighted by molar-refractivity contribution is 0.0922. The Bertz CT molecular complexity index is 632. The van der Waals surface area contributed by atoms with Gasteiger partial charge in [0, 0.05) is 6.04 Å². The lowest BCUT2D eigenvalue weighted by Gasteiger charge is -2.22. The third kappa shape index (κ3) is 3.69. The summed E-state index contributed by atoms with van der Waals surface area (Å²) in [5, 5.41) is 10.9. The van der Waals surface area contributed by atoms with Crippen molar-refractivity contribution in [3.63, 3.8) is 0 Å². The number of nitrogens with zero attached hydrogens (tertiary/aromatic N) is 3. The quantitative estimate of drug-likeness (QED) is 0.944. The van der Waals surface area contributed by atoms with Crippen molar-refractivity contribution in [2.75, 3.05) is 0 Å². The summed E-state index contributed by atoms with van der Waals surface area (Å²) in [5.41, 5.74) is 1.23. The molecule has 1 N–H and O–H groups in total. The number of rotatable bonds is 4. The molecule has 1 saturated carbocycles. The number of amides is 1. The molecule has 1 fully saturated rings. The minimum atomic E-state index is -0.269. The molecule has 0 unspecified atom stereocenters.